The van der Waals surface area contributed by atoms with Gasteiger partial charge in [-0.1, -0.05) is 36.4 Å². The zero-order valence-electron chi connectivity index (χ0n) is 12.8. The van der Waals surface area contributed by atoms with Gasteiger partial charge in [-0.05, 0) is 31.0 Å². The predicted octanol–water partition coefficient (Wildman–Crippen LogP) is 3.50. The van der Waals surface area contributed by atoms with Gasteiger partial charge >= 0.3 is 5.97 Å². The second-order valence-corrected chi connectivity index (χ2v) is 4.88. The van der Waals surface area contributed by atoms with E-state index >= 15 is 0 Å². The van der Waals surface area contributed by atoms with Gasteiger partial charge in [-0.25, -0.2) is 0 Å². The molecule has 0 aromatic heterocycles. The summed E-state index contributed by atoms with van der Waals surface area (Å²) in [5.74, 6) is -0.247. The van der Waals surface area contributed by atoms with Crippen molar-refractivity contribution in [2.24, 2.45) is 0 Å². The van der Waals surface area contributed by atoms with Crippen LogP contribution < -0.4 is 9.47 Å². The van der Waals surface area contributed by atoms with Crippen LogP contribution in [0.15, 0.2) is 48.5 Å². The molecule has 0 saturated heterocycles. The van der Waals surface area contributed by atoms with Crippen molar-refractivity contribution in [2.45, 2.75) is 19.3 Å². The average Bonchev–Trinajstić information content (AvgIpc) is 2.54. The van der Waals surface area contributed by atoms with Gasteiger partial charge in [0, 0.05) is 5.56 Å². The molecular weight excluding hydrogens is 280 g/mol. The van der Waals surface area contributed by atoms with Crippen LogP contribution in [0.25, 0.3) is 0 Å². The van der Waals surface area contributed by atoms with Crippen LogP contribution in [0.2, 0.25) is 0 Å². The van der Waals surface area contributed by atoms with Crippen LogP contribution >= 0.6 is 0 Å². The van der Waals surface area contributed by atoms with Crippen LogP contribution in [0.5, 0.6) is 11.5 Å². The smallest absolute Gasteiger partial charge is 0.311 e. The summed E-state index contributed by atoms with van der Waals surface area (Å²) < 4.78 is 10.9. The van der Waals surface area contributed by atoms with Gasteiger partial charge in [0.25, 0.3) is 0 Å². The molecule has 0 radical (unpaired) electrons. The summed E-state index contributed by atoms with van der Waals surface area (Å²) in [6.45, 7) is 2.45. The maximum atomic E-state index is 11.7. The molecule has 0 heterocycles. The van der Waals surface area contributed by atoms with Crippen LogP contribution in [0.3, 0.4) is 0 Å². The summed E-state index contributed by atoms with van der Waals surface area (Å²) >= 11 is 0. The number of carboxylic acid groups (broad SMARTS) is 1. The van der Waals surface area contributed by atoms with Crippen molar-refractivity contribution in [3.63, 3.8) is 0 Å². The normalized spacial score (nSPS) is 11.7. The summed E-state index contributed by atoms with van der Waals surface area (Å²) in [7, 11) is 1.55. The lowest BCUT2D eigenvalue weighted by molar-refractivity contribution is -0.138. The van der Waals surface area contributed by atoms with Gasteiger partial charge in [-0.3, -0.25) is 4.79 Å². The van der Waals surface area contributed by atoms with E-state index in [4.69, 9.17) is 9.47 Å². The highest BCUT2D eigenvalue weighted by molar-refractivity contribution is 5.78. The Hall–Kier alpha value is -2.49. The van der Waals surface area contributed by atoms with Crippen molar-refractivity contribution in [2.75, 3.05) is 13.7 Å². The molecule has 1 atom stereocenters. The van der Waals surface area contributed by atoms with Crippen molar-refractivity contribution in [3.8, 4) is 11.5 Å². The Kier molecular flexibility index (Phi) is 5.42. The van der Waals surface area contributed by atoms with Gasteiger partial charge in [-0.2, -0.15) is 0 Å². The van der Waals surface area contributed by atoms with Gasteiger partial charge in [0.05, 0.1) is 19.6 Å². The first-order chi connectivity index (χ1) is 10.7. The third kappa shape index (κ3) is 3.58. The molecular formula is C18H20O4. The molecule has 0 aliphatic carbocycles. The molecule has 116 valence electrons. The van der Waals surface area contributed by atoms with Crippen LogP contribution in [-0.4, -0.2) is 24.8 Å². The standard InChI is InChI=1S/C18H20O4/c1-3-22-16-10-6-4-8-13(16)12-15(18(19)20)14-9-5-7-11-17(14)21-2/h4-11,15H,3,12H2,1-2H3,(H,19,20). The largest absolute Gasteiger partial charge is 0.496 e. The number of rotatable bonds is 7. The minimum Gasteiger partial charge on any atom is -0.496 e. The van der Waals surface area contributed by atoms with Gasteiger partial charge in [0.1, 0.15) is 11.5 Å². The fourth-order valence-corrected chi connectivity index (χ4v) is 2.47. The zero-order chi connectivity index (χ0) is 15.9. The number of para-hydroxylation sites is 2. The SMILES string of the molecule is CCOc1ccccc1CC(C(=O)O)c1ccccc1OC. The summed E-state index contributed by atoms with van der Waals surface area (Å²) in [6.07, 6.45) is 0.353. The summed E-state index contributed by atoms with van der Waals surface area (Å²) in [5.41, 5.74) is 1.55. The molecule has 0 bridgehead atoms. The van der Waals surface area contributed by atoms with Gasteiger partial charge in [-0.15, -0.1) is 0 Å². The van der Waals surface area contributed by atoms with Crippen molar-refractivity contribution < 1.29 is 19.4 Å². The fourth-order valence-electron chi connectivity index (χ4n) is 2.47. The third-order valence-electron chi connectivity index (χ3n) is 3.51. The molecule has 4 heteroatoms. The molecule has 2 aromatic rings. The number of hydrogen-bond donors (Lipinski definition) is 1. The van der Waals surface area contributed by atoms with E-state index in [1.807, 2.05) is 43.3 Å². The van der Waals surface area contributed by atoms with Crippen molar-refractivity contribution in [3.05, 3.63) is 59.7 Å². The quantitative estimate of drug-likeness (QED) is 0.850. The van der Waals surface area contributed by atoms with Crippen LogP contribution in [0, 0.1) is 0 Å². The number of methoxy groups -OCH3 is 1. The number of hydrogen-bond acceptors (Lipinski definition) is 3. The molecule has 0 aliphatic rings. The third-order valence-corrected chi connectivity index (χ3v) is 3.51. The van der Waals surface area contributed by atoms with Crippen molar-refractivity contribution >= 4 is 5.97 Å². The topological polar surface area (TPSA) is 55.8 Å². The van der Waals surface area contributed by atoms with Crippen LogP contribution in [0.1, 0.15) is 24.0 Å². The second-order valence-electron chi connectivity index (χ2n) is 4.88. The Labute approximate surface area is 130 Å². The molecule has 1 N–H and O–H groups in total. The van der Waals surface area contributed by atoms with Crippen LogP contribution in [0.4, 0.5) is 0 Å². The number of carbonyl (C=O) groups is 1. The Bertz CT molecular complexity index is 636. The predicted molar refractivity (Wildman–Crippen MR) is 84.7 cm³/mol. The van der Waals surface area contributed by atoms with Gasteiger partial charge < -0.3 is 14.6 Å². The number of benzene rings is 2. The monoisotopic (exact) mass is 300 g/mol. The van der Waals surface area contributed by atoms with E-state index in [0.29, 0.717) is 24.3 Å². The average molecular weight is 300 g/mol. The molecule has 0 saturated carbocycles. The highest BCUT2D eigenvalue weighted by Gasteiger charge is 2.24. The first-order valence-electron chi connectivity index (χ1n) is 7.23. The molecule has 0 amide bonds. The Morgan fingerprint density at radius 1 is 1.09 bits per heavy atom. The number of carboxylic acids is 1. The Balaban J connectivity index is 2.36. The first-order valence-corrected chi connectivity index (χ1v) is 7.23. The molecule has 2 aromatic carbocycles. The van der Waals surface area contributed by atoms with E-state index in [1.54, 1.807) is 19.2 Å². The van der Waals surface area contributed by atoms with Gasteiger partial charge in [0.15, 0.2) is 0 Å². The summed E-state index contributed by atoms with van der Waals surface area (Å²) in [5, 5.41) is 9.63. The molecule has 22 heavy (non-hydrogen) atoms. The molecule has 0 fully saturated rings. The maximum absolute atomic E-state index is 11.7. The second kappa shape index (κ2) is 7.50. The number of aliphatic carboxylic acids is 1. The molecule has 0 spiro atoms. The summed E-state index contributed by atoms with van der Waals surface area (Å²) in [4.78, 5) is 11.7. The van der Waals surface area contributed by atoms with Gasteiger partial charge in [0.2, 0.25) is 0 Å². The molecule has 1 unspecified atom stereocenters. The summed E-state index contributed by atoms with van der Waals surface area (Å²) in [6, 6.07) is 14.8. The lowest BCUT2D eigenvalue weighted by Gasteiger charge is -2.18. The van der Waals surface area contributed by atoms with Crippen molar-refractivity contribution in [1.29, 1.82) is 0 Å². The highest BCUT2D eigenvalue weighted by Crippen LogP contribution is 2.32. The van der Waals surface area contributed by atoms with E-state index in [-0.39, 0.29) is 0 Å². The highest BCUT2D eigenvalue weighted by atomic mass is 16.5. The van der Waals surface area contributed by atoms with Crippen LogP contribution in [-0.2, 0) is 11.2 Å². The minimum atomic E-state index is -0.879. The molecule has 0 aliphatic heterocycles. The van der Waals surface area contributed by atoms with Crippen molar-refractivity contribution in [1.82, 2.24) is 0 Å². The van der Waals surface area contributed by atoms with E-state index in [2.05, 4.69) is 0 Å². The Morgan fingerprint density at radius 3 is 2.36 bits per heavy atom. The molecule has 2 rings (SSSR count). The number of ether oxygens (including phenoxy) is 2. The lowest BCUT2D eigenvalue weighted by atomic mass is 9.91. The van der Waals surface area contributed by atoms with E-state index in [9.17, 15) is 9.90 Å². The molecule has 4 nitrogen and oxygen atoms in total. The minimum absolute atomic E-state index is 0.353. The lowest BCUT2D eigenvalue weighted by Crippen LogP contribution is -2.16. The van der Waals surface area contributed by atoms with E-state index < -0.39 is 11.9 Å². The van der Waals surface area contributed by atoms with E-state index in [1.165, 1.54) is 0 Å². The maximum Gasteiger partial charge on any atom is 0.311 e. The first kappa shape index (κ1) is 15.9. The van der Waals surface area contributed by atoms with E-state index in [0.717, 1.165) is 11.3 Å². The fraction of sp³-hybridized carbons (Fsp3) is 0.278. The zero-order valence-corrected chi connectivity index (χ0v) is 12.8. The Morgan fingerprint density at radius 2 is 1.73 bits per heavy atom.